The lowest BCUT2D eigenvalue weighted by atomic mass is 10.1. The molecule has 3 N–H and O–H groups in total. The summed E-state index contributed by atoms with van der Waals surface area (Å²) in [4.78, 5) is 37.3. The van der Waals surface area contributed by atoms with Crippen molar-refractivity contribution < 1.29 is 14.3 Å². The first-order valence-corrected chi connectivity index (χ1v) is 12.4. The van der Waals surface area contributed by atoms with E-state index in [9.17, 15) is 9.59 Å². The zero-order chi connectivity index (χ0) is 26.4. The van der Waals surface area contributed by atoms with Crippen LogP contribution in [0, 0.1) is 6.92 Å². The molecule has 0 radical (unpaired) electrons. The number of pyridine rings is 1. The van der Waals surface area contributed by atoms with Gasteiger partial charge in [0.25, 0.3) is 5.91 Å². The number of fused-ring (bicyclic) bond motifs is 1. The Morgan fingerprint density at radius 3 is 2.70 bits per heavy atom. The Morgan fingerprint density at radius 1 is 1.16 bits per heavy atom. The first-order chi connectivity index (χ1) is 17.9. The van der Waals surface area contributed by atoms with E-state index >= 15 is 0 Å². The third kappa shape index (κ3) is 6.14. The molecule has 2 amide bonds. The number of hydrogen-bond acceptors (Lipinski definition) is 6. The van der Waals surface area contributed by atoms with Crippen molar-refractivity contribution >= 4 is 22.7 Å². The maximum atomic E-state index is 13.1. The van der Waals surface area contributed by atoms with E-state index in [1.54, 1.807) is 38.2 Å². The van der Waals surface area contributed by atoms with Gasteiger partial charge in [-0.25, -0.2) is 9.97 Å². The summed E-state index contributed by atoms with van der Waals surface area (Å²) in [5, 5.41) is 11.0. The highest BCUT2D eigenvalue weighted by molar-refractivity contribution is 5.93. The molecule has 1 atom stereocenters. The molecule has 0 fully saturated rings. The first-order valence-electron chi connectivity index (χ1n) is 12.4. The van der Waals surface area contributed by atoms with Crippen molar-refractivity contribution in [3.8, 4) is 17.1 Å². The lowest BCUT2D eigenvalue weighted by Gasteiger charge is -2.17. The number of para-hydroxylation sites is 1. The van der Waals surface area contributed by atoms with Gasteiger partial charge < -0.3 is 20.4 Å². The van der Waals surface area contributed by atoms with Crippen LogP contribution in [0.4, 0.5) is 0 Å². The van der Waals surface area contributed by atoms with E-state index in [0.717, 1.165) is 47.1 Å². The molecule has 0 unspecified atom stereocenters. The van der Waals surface area contributed by atoms with Gasteiger partial charge in [0.1, 0.15) is 11.5 Å². The molecule has 0 bridgehead atoms. The lowest BCUT2D eigenvalue weighted by molar-refractivity contribution is -0.120. The molecule has 1 aromatic carbocycles. The van der Waals surface area contributed by atoms with Crippen molar-refractivity contribution in [2.24, 2.45) is 7.05 Å². The summed E-state index contributed by atoms with van der Waals surface area (Å²) in [5.41, 5.74) is 3.64. The molecule has 194 valence electrons. The highest BCUT2D eigenvalue weighted by atomic mass is 16.5. The number of aromatic nitrogens is 5. The third-order valence-corrected chi connectivity index (χ3v) is 6.31. The zero-order valence-corrected chi connectivity index (χ0v) is 21.7. The first kappa shape index (κ1) is 25.9. The number of nitrogens with one attached hydrogen (secondary N) is 3. The number of H-pyrrole nitrogens is 1. The van der Waals surface area contributed by atoms with E-state index in [2.05, 4.69) is 30.7 Å². The molecule has 0 aliphatic heterocycles. The van der Waals surface area contributed by atoms with E-state index < -0.39 is 0 Å². The minimum absolute atomic E-state index is 0.0325. The second kappa shape index (κ2) is 11.7. The van der Waals surface area contributed by atoms with Gasteiger partial charge in [0, 0.05) is 25.9 Å². The summed E-state index contributed by atoms with van der Waals surface area (Å²) in [6.07, 6.45) is 5.36. The van der Waals surface area contributed by atoms with Gasteiger partial charge in [-0.2, -0.15) is 5.10 Å². The Labute approximate surface area is 215 Å². The van der Waals surface area contributed by atoms with Gasteiger partial charge in [0.05, 0.1) is 41.8 Å². The molecule has 3 heterocycles. The summed E-state index contributed by atoms with van der Waals surface area (Å²) in [6.45, 7) is 1.85. The second-order valence-corrected chi connectivity index (χ2v) is 9.01. The molecule has 0 saturated heterocycles. The van der Waals surface area contributed by atoms with Crippen LogP contribution in [0.25, 0.3) is 22.2 Å². The van der Waals surface area contributed by atoms with Gasteiger partial charge in [0.15, 0.2) is 0 Å². The molecule has 3 aromatic heterocycles. The van der Waals surface area contributed by atoms with Crippen molar-refractivity contribution in [1.82, 2.24) is 35.4 Å². The number of methoxy groups -OCH3 is 1. The van der Waals surface area contributed by atoms with E-state index in [1.807, 2.05) is 37.3 Å². The van der Waals surface area contributed by atoms with Gasteiger partial charge in [-0.15, -0.1) is 0 Å². The van der Waals surface area contributed by atoms with Crippen LogP contribution in [-0.2, 0) is 11.8 Å². The monoisotopic (exact) mass is 503 g/mol. The minimum atomic E-state index is -0.351. The standard InChI is InChI=1S/C27H33N7O3/c1-17-14-23(34(3)33-17)26(36)31-21(12-6-5-7-13-24(35)28-2)25-29-16-22(30-25)19-15-18-10-8-9-11-20(18)32-27(19)37-4/h8-11,14-16,21H,5-7,12-13H2,1-4H3,(H,28,35)(H,29,30)(H,31,36)/t21-/m0/s1. The largest absolute Gasteiger partial charge is 0.480 e. The number of unbranched alkanes of at least 4 members (excludes halogenated alkanes) is 2. The number of rotatable bonds is 11. The van der Waals surface area contributed by atoms with E-state index in [0.29, 0.717) is 30.2 Å². The predicted molar refractivity (Wildman–Crippen MR) is 141 cm³/mol. The summed E-state index contributed by atoms with van der Waals surface area (Å²) in [6, 6.07) is 11.3. The molecule has 4 aromatic rings. The van der Waals surface area contributed by atoms with Crippen molar-refractivity contribution in [3.05, 3.63) is 59.8 Å². The summed E-state index contributed by atoms with van der Waals surface area (Å²) in [5.74, 6) is 0.948. The van der Waals surface area contributed by atoms with Gasteiger partial charge in [0.2, 0.25) is 11.8 Å². The molecule has 0 saturated carbocycles. The SMILES string of the molecule is CNC(=O)CCCCC[C@H](NC(=O)c1cc(C)nn1C)c1ncc(-c2cc3ccccc3nc2OC)[nH]1. The van der Waals surface area contributed by atoms with Crippen molar-refractivity contribution in [3.63, 3.8) is 0 Å². The van der Waals surface area contributed by atoms with Gasteiger partial charge >= 0.3 is 0 Å². The summed E-state index contributed by atoms with van der Waals surface area (Å²) in [7, 11) is 4.98. The van der Waals surface area contributed by atoms with Gasteiger partial charge in [-0.05, 0) is 38.0 Å². The Kier molecular flexibility index (Phi) is 8.17. The molecule has 10 heteroatoms. The average molecular weight is 504 g/mol. The lowest BCUT2D eigenvalue weighted by Crippen LogP contribution is -2.30. The number of carbonyl (C=O) groups excluding carboxylic acids is 2. The van der Waals surface area contributed by atoms with Crippen molar-refractivity contribution in [1.29, 1.82) is 0 Å². The minimum Gasteiger partial charge on any atom is -0.480 e. The van der Waals surface area contributed by atoms with Crippen LogP contribution in [0.2, 0.25) is 0 Å². The molecule has 0 spiro atoms. The Bertz CT molecular complexity index is 1390. The number of hydrogen-bond donors (Lipinski definition) is 3. The number of benzene rings is 1. The van der Waals surface area contributed by atoms with Crippen molar-refractivity contribution in [2.45, 2.75) is 45.1 Å². The van der Waals surface area contributed by atoms with Crippen LogP contribution in [-0.4, -0.2) is 50.7 Å². The van der Waals surface area contributed by atoms with E-state index in [-0.39, 0.29) is 17.9 Å². The van der Waals surface area contributed by atoms with Crippen LogP contribution >= 0.6 is 0 Å². The van der Waals surface area contributed by atoms with E-state index in [1.165, 1.54) is 0 Å². The number of nitrogens with zero attached hydrogens (tertiary/aromatic N) is 4. The summed E-state index contributed by atoms with van der Waals surface area (Å²) >= 11 is 0. The smallest absolute Gasteiger partial charge is 0.270 e. The number of carbonyl (C=O) groups is 2. The number of aryl methyl sites for hydroxylation is 2. The molecule has 0 aliphatic carbocycles. The van der Waals surface area contributed by atoms with Crippen LogP contribution in [0.15, 0.2) is 42.6 Å². The fraction of sp³-hybridized carbons (Fsp3) is 0.370. The Balaban J connectivity index is 1.57. The second-order valence-electron chi connectivity index (χ2n) is 9.01. The predicted octanol–water partition coefficient (Wildman–Crippen LogP) is 3.84. The number of imidazole rings is 1. The van der Waals surface area contributed by atoms with Crippen LogP contribution in [0.3, 0.4) is 0 Å². The number of amides is 2. The normalized spacial score (nSPS) is 11.9. The molecule has 10 nitrogen and oxygen atoms in total. The third-order valence-electron chi connectivity index (χ3n) is 6.31. The Morgan fingerprint density at radius 2 is 1.97 bits per heavy atom. The van der Waals surface area contributed by atoms with Crippen LogP contribution in [0.5, 0.6) is 5.88 Å². The fourth-order valence-corrected chi connectivity index (χ4v) is 4.37. The van der Waals surface area contributed by atoms with Gasteiger partial charge in [-0.1, -0.05) is 31.0 Å². The summed E-state index contributed by atoms with van der Waals surface area (Å²) < 4.78 is 7.14. The molecule has 4 rings (SSSR count). The fourth-order valence-electron chi connectivity index (χ4n) is 4.37. The highest BCUT2D eigenvalue weighted by Crippen LogP contribution is 2.31. The number of ether oxygens (including phenoxy) is 1. The van der Waals surface area contributed by atoms with Crippen LogP contribution in [0.1, 0.15) is 60.2 Å². The van der Waals surface area contributed by atoms with Gasteiger partial charge in [-0.3, -0.25) is 14.3 Å². The molecular formula is C27H33N7O3. The average Bonchev–Trinajstić information content (AvgIpc) is 3.52. The maximum absolute atomic E-state index is 13.1. The quantitative estimate of drug-likeness (QED) is 0.267. The zero-order valence-electron chi connectivity index (χ0n) is 21.7. The molecule has 37 heavy (non-hydrogen) atoms. The molecular weight excluding hydrogens is 470 g/mol. The Hall–Kier alpha value is -4.21. The van der Waals surface area contributed by atoms with E-state index in [4.69, 9.17) is 4.74 Å². The highest BCUT2D eigenvalue weighted by Gasteiger charge is 2.22. The topological polar surface area (TPSA) is 127 Å². The number of aromatic amines is 1. The molecule has 0 aliphatic rings. The van der Waals surface area contributed by atoms with Crippen molar-refractivity contribution in [2.75, 3.05) is 14.2 Å². The maximum Gasteiger partial charge on any atom is 0.270 e. The van der Waals surface area contributed by atoms with Crippen LogP contribution < -0.4 is 15.4 Å².